The number of hydrogen-bond donors (Lipinski definition) is 1. The molecule has 0 aliphatic carbocycles. The number of rotatable bonds is 3. The predicted octanol–water partition coefficient (Wildman–Crippen LogP) is 2.55. The molecule has 4 heteroatoms. The highest BCUT2D eigenvalue weighted by Gasteiger charge is 2.00. The summed E-state index contributed by atoms with van der Waals surface area (Å²) in [7, 11) is 0. The van der Waals surface area contributed by atoms with Crippen molar-refractivity contribution >= 4 is 12.0 Å². The number of aryl methyl sites for hydroxylation is 1. The van der Waals surface area contributed by atoms with Crippen molar-refractivity contribution in [3.63, 3.8) is 0 Å². The largest absolute Gasteiger partial charge is 0.478 e. The van der Waals surface area contributed by atoms with Gasteiger partial charge in [-0.3, -0.25) is 4.98 Å². The highest BCUT2D eigenvalue weighted by molar-refractivity contribution is 5.85. The van der Waals surface area contributed by atoms with Gasteiger partial charge in [-0.1, -0.05) is 18.2 Å². The van der Waals surface area contributed by atoms with Crippen molar-refractivity contribution in [3.8, 4) is 11.3 Å². The Morgan fingerprint density at radius 2 is 2.17 bits per heavy atom. The molecule has 0 amide bonds. The average molecular weight is 240 g/mol. The molecule has 0 bridgehead atoms. The molecule has 0 aliphatic rings. The van der Waals surface area contributed by atoms with Gasteiger partial charge in [0.15, 0.2) is 0 Å². The third-order valence-electron chi connectivity index (χ3n) is 2.36. The molecule has 1 heterocycles. The number of carbonyl (C=O) groups is 1. The number of carboxylic acids is 1. The van der Waals surface area contributed by atoms with Gasteiger partial charge in [0.25, 0.3) is 0 Å². The molecule has 0 saturated carbocycles. The molecule has 0 saturated heterocycles. The van der Waals surface area contributed by atoms with Crippen LogP contribution < -0.4 is 0 Å². The van der Waals surface area contributed by atoms with Crippen LogP contribution in [0.5, 0.6) is 0 Å². The summed E-state index contributed by atoms with van der Waals surface area (Å²) in [6, 6.07) is 7.50. The first-order valence-electron chi connectivity index (χ1n) is 5.45. The summed E-state index contributed by atoms with van der Waals surface area (Å²) in [6.07, 6.45) is 6.04. The van der Waals surface area contributed by atoms with Gasteiger partial charge >= 0.3 is 5.97 Å². The van der Waals surface area contributed by atoms with Crippen LogP contribution in [0.25, 0.3) is 17.3 Å². The number of aliphatic carboxylic acids is 1. The minimum atomic E-state index is -0.962. The molecule has 2 rings (SSSR count). The van der Waals surface area contributed by atoms with E-state index in [1.165, 1.54) is 0 Å². The Morgan fingerprint density at radius 3 is 2.89 bits per heavy atom. The molecule has 0 radical (unpaired) electrons. The van der Waals surface area contributed by atoms with Crippen LogP contribution in [-0.4, -0.2) is 21.0 Å². The van der Waals surface area contributed by atoms with Crippen molar-refractivity contribution in [1.82, 2.24) is 9.97 Å². The number of benzene rings is 1. The fourth-order valence-electron chi connectivity index (χ4n) is 1.57. The number of hydrogen-bond acceptors (Lipinski definition) is 3. The first kappa shape index (κ1) is 12.0. The minimum absolute atomic E-state index is 0.778. The summed E-state index contributed by atoms with van der Waals surface area (Å²) in [5.74, 6) is -0.962. The summed E-state index contributed by atoms with van der Waals surface area (Å²) < 4.78 is 0. The van der Waals surface area contributed by atoms with Crippen molar-refractivity contribution in [2.75, 3.05) is 0 Å². The quantitative estimate of drug-likeness (QED) is 0.837. The van der Waals surface area contributed by atoms with Gasteiger partial charge in [-0.05, 0) is 24.6 Å². The summed E-state index contributed by atoms with van der Waals surface area (Å²) in [4.78, 5) is 18.9. The van der Waals surface area contributed by atoms with E-state index in [0.29, 0.717) is 0 Å². The van der Waals surface area contributed by atoms with E-state index >= 15 is 0 Å². The van der Waals surface area contributed by atoms with E-state index in [1.807, 2.05) is 31.2 Å². The number of aromatic nitrogens is 2. The molecule has 18 heavy (non-hydrogen) atoms. The van der Waals surface area contributed by atoms with Crippen molar-refractivity contribution in [3.05, 3.63) is 54.0 Å². The Balaban J connectivity index is 2.35. The van der Waals surface area contributed by atoms with Crippen LogP contribution in [0.1, 0.15) is 11.3 Å². The Labute approximate surface area is 105 Å². The summed E-state index contributed by atoms with van der Waals surface area (Å²) in [5, 5.41) is 8.59. The Kier molecular flexibility index (Phi) is 3.48. The zero-order valence-corrected chi connectivity index (χ0v) is 9.87. The predicted molar refractivity (Wildman–Crippen MR) is 68.9 cm³/mol. The average Bonchev–Trinajstić information content (AvgIpc) is 2.37. The SMILES string of the molecule is Cc1cncc(-c2cccc(/C=C/C(=O)O)c2)n1. The number of carboxylic acid groups (broad SMARTS) is 1. The van der Waals surface area contributed by atoms with E-state index in [0.717, 1.165) is 28.6 Å². The van der Waals surface area contributed by atoms with Gasteiger partial charge in [0.2, 0.25) is 0 Å². The molecule has 0 aliphatic heterocycles. The summed E-state index contributed by atoms with van der Waals surface area (Å²) >= 11 is 0. The Hall–Kier alpha value is -2.49. The van der Waals surface area contributed by atoms with E-state index in [4.69, 9.17) is 5.11 Å². The first-order chi connectivity index (χ1) is 8.65. The minimum Gasteiger partial charge on any atom is -0.478 e. The standard InChI is InChI=1S/C14H12N2O2/c1-10-8-15-9-13(16-10)12-4-2-3-11(7-12)5-6-14(17)18/h2-9H,1H3,(H,17,18)/b6-5+. The van der Waals surface area contributed by atoms with Crippen LogP contribution in [0, 0.1) is 6.92 Å². The highest BCUT2D eigenvalue weighted by Crippen LogP contribution is 2.18. The number of nitrogens with zero attached hydrogens (tertiary/aromatic N) is 2. The lowest BCUT2D eigenvalue weighted by molar-refractivity contribution is -0.131. The van der Waals surface area contributed by atoms with E-state index in [2.05, 4.69) is 9.97 Å². The Morgan fingerprint density at radius 1 is 1.33 bits per heavy atom. The van der Waals surface area contributed by atoms with Gasteiger partial charge in [0.1, 0.15) is 0 Å². The van der Waals surface area contributed by atoms with Gasteiger partial charge in [0.05, 0.1) is 17.6 Å². The van der Waals surface area contributed by atoms with Crippen molar-refractivity contribution in [2.45, 2.75) is 6.92 Å². The van der Waals surface area contributed by atoms with Crippen LogP contribution in [0.15, 0.2) is 42.7 Å². The molecule has 0 fully saturated rings. The fourth-order valence-corrected chi connectivity index (χ4v) is 1.57. The molecule has 0 atom stereocenters. The maximum atomic E-state index is 10.5. The van der Waals surface area contributed by atoms with Gasteiger partial charge in [-0.25, -0.2) is 9.78 Å². The van der Waals surface area contributed by atoms with Crippen LogP contribution in [0.4, 0.5) is 0 Å². The van der Waals surface area contributed by atoms with E-state index in [-0.39, 0.29) is 0 Å². The first-order valence-corrected chi connectivity index (χ1v) is 5.45. The van der Waals surface area contributed by atoms with Crippen molar-refractivity contribution in [2.24, 2.45) is 0 Å². The second kappa shape index (κ2) is 5.23. The molecule has 1 aromatic carbocycles. The van der Waals surface area contributed by atoms with Crippen LogP contribution in [-0.2, 0) is 4.79 Å². The summed E-state index contributed by atoms with van der Waals surface area (Å²) in [6.45, 7) is 1.88. The molecular weight excluding hydrogens is 228 g/mol. The monoisotopic (exact) mass is 240 g/mol. The Bertz CT molecular complexity index is 606. The fraction of sp³-hybridized carbons (Fsp3) is 0.0714. The van der Waals surface area contributed by atoms with Crippen LogP contribution >= 0.6 is 0 Å². The lowest BCUT2D eigenvalue weighted by Crippen LogP contribution is -1.89. The topological polar surface area (TPSA) is 63.1 Å². The van der Waals surface area contributed by atoms with Gasteiger partial charge in [0, 0.05) is 17.8 Å². The van der Waals surface area contributed by atoms with Crippen LogP contribution in [0.3, 0.4) is 0 Å². The second-order valence-corrected chi connectivity index (χ2v) is 3.84. The molecule has 90 valence electrons. The molecule has 4 nitrogen and oxygen atoms in total. The smallest absolute Gasteiger partial charge is 0.328 e. The lowest BCUT2D eigenvalue weighted by atomic mass is 10.1. The van der Waals surface area contributed by atoms with Gasteiger partial charge in [-0.15, -0.1) is 0 Å². The van der Waals surface area contributed by atoms with Crippen molar-refractivity contribution < 1.29 is 9.90 Å². The molecule has 2 aromatic rings. The molecule has 1 N–H and O–H groups in total. The van der Waals surface area contributed by atoms with E-state index in [1.54, 1.807) is 18.5 Å². The third-order valence-corrected chi connectivity index (χ3v) is 2.36. The van der Waals surface area contributed by atoms with Crippen molar-refractivity contribution in [1.29, 1.82) is 0 Å². The maximum Gasteiger partial charge on any atom is 0.328 e. The van der Waals surface area contributed by atoms with E-state index < -0.39 is 5.97 Å². The van der Waals surface area contributed by atoms with E-state index in [9.17, 15) is 4.79 Å². The lowest BCUT2D eigenvalue weighted by Gasteiger charge is -2.02. The third kappa shape index (κ3) is 3.01. The highest BCUT2D eigenvalue weighted by atomic mass is 16.4. The second-order valence-electron chi connectivity index (χ2n) is 3.84. The molecular formula is C14H12N2O2. The molecule has 1 aromatic heterocycles. The zero-order chi connectivity index (χ0) is 13.0. The summed E-state index contributed by atoms with van der Waals surface area (Å²) in [5.41, 5.74) is 3.36. The molecule has 0 spiro atoms. The van der Waals surface area contributed by atoms with Gasteiger partial charge < -0.3 is 5.11 Å². The normalized spacial score (nSPS) is 10.7. The van der Waals surface area contributed by atoms with Crippen LogP contribution in [0.2, 0.25) is 0 Å². The molecule has 0 unspecified atom stereocenters. The zero-order valence-electron chi connectivity index (χ0n) is 9.87. The maximum absolute atomic E-state index is 10.5. The van der Waals surface area contributed by atoms with Gasteiger partial charge in [-0.2, -0.15) is 0 Å².